The molecule has 0 unspecified atom stereocenters. The van der Waals surface area contributed by atoms with Crippen LogP contribution in [0, 0.1) is 0 Å². The largest absolute Gasteiger partial charge is 0.527 e. The van der Waals surface area contributed by atoms with Gasteiger partial charge in [0, 0.05) is 11.3 Å². The number of hydrogen-bond acceptors (Lipinski definition) is 4. The van der Waals surface area contributed by atoms with Crippen molar-refractivity contribution in [2.24, 2.45) is 0 Å². The molecule has 0 aliphatic rings. The van der Waals surface area contributed by atoms with Crippen LogP contribution in [-0.4, -0.2) is 43.1 Å². The summed E-state index contributed by atoms with van der Waals surface area (Å²) in [5.74, 6) is -14.2. The number of rotatable bonds is 12. The van der Waals surface area contributed by atoms with Gasteiger partial charge in [-0.3, -0.25) is 4.79 Å². The second-order valence-electron chi connectivity index (χ2n) is 8.49. The number of nitrogens with one attached hydrogen (secondary N) is 1. The van der Waals surface area contributed by atoms with Crippen molar-refractivity contribution in [3.63, 3.8) is 0 Å². The molecule has 0 saturated carbocycles. The number of carbonyl (C=O) groups excluding carboxylic acids is 1. The van der Waals surface area contributed by atoms with Crippen molar-refractivity contribution in [3.8, 4) is 5.75 Å². The van der Waals surface area contributed by atoms with E-state index in [2.05, 4.69) is 0 Å². The quantitative estimate of drug-likeness (QED) is 0.246. The third kappa shape index (κ3) is 7.93. The molecule has 2 aromatic carbocycles. The molecule has 0 spiro atoms. The van der Waals surface area contributed by atoms with Crippen molar-refractivity contribution in [1.82, 2.24) is 0 Å². The second-order valence-corrected chi connectivity index (χ2v) is 8.49. The Kier molecular flexibility index (Phi) is 9.55. The van der Waals surface area contributed by atoms with Gasteiger partial charge in [-0.2, -0.15) is 43.9 Å². The maximum atomic E-state index is 14.4. The van der Waals surface area contributed by atoms with E-state index in [0.29, 0.717) is 6.07 Å². The molecule has 41 heavy (non-hydrogen) atoms. The van der Waals surface area contributed by atoms with Crippen molar-refractivity contribution >= 4 is 11.6 Å². The highest BCUT2D eigenvalue weighted by Gasteiger charge is 2.80. The lowest BCUT2D eigenvalue weighted by molar-refractivity contribution is -0.535. The number of hydrogen-bond donors (Lipinski definition) is 1. The fraction of sp³-hybridized carbons (Fsp3) is 0.435. The highest BCUT2D eigenvalue weighted by atomic mass is 19.4. The fourth-order valence-corrected chi connectivity index (χ4v) is 2.92. The van der Waals surface area contributed by atoms with E-state index in [1.54, 1.807) is 16.9 Å². The van der Waals surface area contributed by atoms with Crippen LogP contribution in [0.4, 0.5) is 62.8 Å². The van der Waals surface area contributed by atoms with Crippen molar-refractivity contribution in [3.05, 3.63) is 59.7 Å². The van der Waals surface area contributed by atoms with Gasteiger partial charge in [0.1, 0.15) is 5.75 Å². The summed E-state index contributed by atoms with van der Waals surface area (Å²) in [5.41, 5.74) is -1.68. The molecule has 0 aromatic heterocycles. The summed E-state index contributed by atoms with van der Waals surface area (Å²) in [7, 11) is 0. The van der Waals surface area contributed by atoms with E-state index in [4.69, 9.17) is 4.74 Å². The third-order valence-corrected chi connectivity index (χ3v) is 5.02. The van der Waals surface area contributed by atoms with E-state index >= 15 is 0 Å². The maximum absolute atomic E-state index is 14.4. The molecule has 0 saturated heterocycles. The minimum absolute atomic E-state index is 0.0737. The monoisotopic (exact) mass is 619 g/mol. The minimum Gasteiger partial charge on any atom is -0.484 e. The molecule has 0 bridgehead atoms. The Balaban J connectivity index is 2.18. The maximum Gasteiger partial charge on any atom is 0.527 e. The van der Waals surface area contributed by atoms with Gasteiger partial charge in [0.25, 0.3) is 5.91 Å². The standard InChI is InChI=1S/C23H18F13NO4/c1-12(2)13-6-8-16(9-7-13)39-11-17(38)37-15-5-3-4-14(10-15)18(24,25)20(28,29)40-21(30,31)19(26,27)22(32,33)41-23(34,35)36/h3-10,12H,11H2,1-2H3,(H,37,38). The van der Waals surface area contributed by atoms with Gasteiger partial charge in [-0.15, -0.1) is 13.2 Å². The van der Waals surface area contributed by atoms with Gasteiger partial charge in [-0.1, -0.05) is 38.1 Å². The zero-order chi connectivity index (χ0) is 31.7. The number of ether oxygens (including phenoxy) is 3. The zero-order valence-electron chi connectivity index (χ0n) is 20.4. The van der Waals surface area contributed by atoms with E-state index < -0.39 is 60.3 Å². The van der Waals surface area contributed by atoms with Crippen LogP contribution in [0.2, 0.25) is 0 Å². The molecule has 230 valence electrons. The van der Waals surface area contributed by atoms with E-state index in [0.717, 1.165) is 11.6 Å². The van der Waals surface area contributed by atoms with Crippen LogP contribution >= 0.6 is 0 Å². The second kappa shape index (κ2) is 11.5. The van der Waals surface area contributed by atoms with Crippen LogP contribution in [0.25, 0.3) is 0 Å². The van der Waals surface area contributed by atoms with Gasteiger partial charge in [0.15, 0.2) is 6.61 Å². The molecule has 0 fully saturated rings. The Bertz CT molecular complexity index is 1200. The Labute approximate surface area is 222 Å². The van der Waals surface area contributed by atoms with E-state index in [-0.39, 0.29) is 23.8 Å². The molecule has 0 atom stereocenters. The van der Waals surface area contributed by atoms with Gasteiger partial charge in [-0.05, 0) is 35.7 Å². The van der Waals surface area contributed by atoms with E-state index in [1.165, 1.54) is 12.1 Å². The number of carbonyl (C=O) groups is 1. The van der Waals surface area contributed by atoms with E-state index in [9.17, 15) is 61.9 Å². The lowest BCUT2D eigenvalue weighted by Crippen LogP contribution is -2.61. The lowest BCUT2D eigenvalue weighted by atomic mass is 10.0. The molecule has 1 amide bonds. The van der Waals surface area contributed by atoms with Gasteiger partial charge < -0.3 is 10.1 Å². The van der Waals surface area contributed by atoms with Crippen LogP contribution in [-0.2, 0) is 20.2 Å². The molecule has 0 aliphatic heterocycles. The molecule has 0 heterocycles. The first-order valence-corrected chi connectivity index (χ1v) is 10.9. The van der Waals surface area contributed by atoms with Crippen LogP contribution in [0.3, 0.4) is 0 Å². The first kappa shape index (κ1) is 33.9. The first-order chi connectivity index (χ1) is 18.4. The summed E-state index contributed by atoms with van der Waals surface area (Å²) in [6.45, 7) is 3.10. The number of benzene rings is 2. The van der Waals surface area contributed by atoms with Gasteiger partial charge in [0.05, 0.1) is 0 Å². The van der Waals surface area contributed by atoms with Gasteiger partial charge in [0.2, 0.25) is 0 Å². The molecule has 0 aliphatic carbocycles. The summed E-state index contributed by atoms with van der Waals surface area (Å²) in [5, 5.41) is 1.95. The Hall–Kier alpha value is -3.28. The number of anilines is 1. The average molecular weight is 619 g/mol. The predicted molar refractivity (Wildman–Crippen MR) is 113 cm³/mol. The first-order valence-electron chi connectivity index (χ1n) is 10.9. The van der Waals surface area contributed by atoms with Crippen LogP contribution in [0.15, 0.2) is 48.5 Å². The van der Waals surface area contributed by atoms with Crippen molar-refractivity contribution < 1.29 is 76.1 Å². The topological polar surface area (TPSA) is 56.8 Å². The van der Waals surface area contributed by atoms with Crippen LogP contribution < -0.4 is 10.1 Å². The smallest absolute Gasteiger partial charge is 0.484 e. The highest BCUT2D eigenvalue weighted by Crippen LogP contribution is 2.54. The van der Waals surface area contributed by atoms with Crippen molar-refractivity contribution in [2.45, 2.75) is 56.3 Å². The molecule has 2 aromatic rings. The number of halogens is 13. The summed E-state index contributed by atoms with van der Waals surface area (Å²) in [6.07, 6.45) is -28.0. The minimum atomic E-state index is -7.53. The summed E-state index contributed by atoms with van der Waals surface area (Å²) < 4.78 is 181. The molecule has 5 nitrogen and oxygen atoms in total. The SMILES string of the molecule is CC(C)c1ccc(OCC(=O)Nc2cccc(C(F)(F)C(F)(F)OC(F)(F)C(F)(F)C(F)(F)OC(F)(F)F)c2)cc1. The van der Waals surface area contributed by atoms with Crippen LogP contribution in [0.5, 0.6) is 5.75 Å². The highest BCUT2D eigenvalue weighted by molar-refractivity contribution is 5.92. The molecular weight excluding hydrogens is 601 g/mol. The normalized spacial score (nSPS) is 13.9. The van der Waals surface area contributed by atoms with Crippen molar-refractivity contribution in [2.75, 3.05) is 11.9 Å². The van der Waals surface area contributed by atoms with Gasteiger partial charge >= 0.3 is 36.5 Å². The Morgan fingerprint density at radius 2 is 1.29 bits per heavy atom. The molecule has 1 N–H and O–H groups in total. The van der Waals surface area contributed by atoms with Crippen LogP contribution in [0.1, 0.15) is 30.9 Å². The Morgan fingerprint density at radius 1 is 0.756 bits per heavy atom. The van der Waals surface area contributed by atoms with Gasteiger partial charge in [-0.25, -0.2) is 9.47 Å². The van der Waals surface area contributed by atoms with E-state index in [1.807, 2.05) is 23.9 Å². The third-order valence-electron chi connectivity index (χ3n) is 5.02. The Morgan fingerprint density at radius 3 is 1.80 bits per heavy atom. The summed E-state index contributed by atoms with van der Waals surface area (Å²) in [6, 6.07) is 8.05. The molecule has 0 radical (unpaired) electrons. The summed E-state index contributed by atoms with van der Waals surface area (Å²) >= 11 is 0. The van der Waals surface area contributed by atoms with Crippen molar-refractivity contribution in [1.29, 1.82) is 0 Å². The number of amides is 1. The predicted octanol–water partition coefficient (Wildman–Crippen LogP) is 7.89. The average Bonchev–Trinajstić information content (AvgIpc) is 2.80. The summed E-state index contributed by atoms with van der Waals surface area (Å²) in [4.78, 5) is 12.1. The molecule has 18 heteroatoms. The lowest BCUT2D eigenvalue weighted by Gasteiger charge is -2.35. The number of alkyl halides is 13. The zero-order valence-corrected chi connectivity index (χ0v) is 20.4. The molecular formula is C23H18F13NO4. The fourth-order valence-electron chi connectivity index (χ4n) is 2.92. The molecule has 2 rings (SSSR count).